The Balaban J connectivity index is 1.70. The number of ether oxygens (including phenoxy) is 2. The maximum absolute atomic E-state index is 10.7. The predicted molar refractivity (Wildman–Crippen MR) is 97.7 cm³/mol. The number of nitrogens with zero attached hydrogens (tertiary/aromatic N) is 1. The number of rotatable bonds is 3. The van der Waals surface area contributed by atoms with Gasteiger partial charge in [-0.05, 0) is 51.9 Å². The molecule has 0 radical (unpaired) electrons. The summed E-state index contributed by atoms with van der Waals surface area (Å²) in [6.07, 6.45) is 5.23. The SMILES string of the molecule is CN1CC[C@]23c4c5ccc(OC(C)(C)CO)c4O[C@H]2[C@@H](O)C=CC3[C@H]1C5. The topological polar surface area (TPSA) is 62.2 Å². The molecule has 2 heterocycles. The number of likely N-dealkylation sites (N-methyl/N-ethyl adjacent to an activating group) is 1. The standard InChI is InChI=1S/C21H27NO4/c1-20(2,11-23)26-16-7-4-12-10-14-13-5-6-15(24)19-21(13,8-9-22(14)3)17(12)18(16)25-19/h4-7,13-15,19,23-24H,8-11H2,1-3H3/t13?,14-,15+,19+,21+/m1/s1. The number of aliphatic hydroxyl groups is 2. The van der Waals surface area contributed by atoms with Crippen LogP contribution >= 0.6 is 0 Å². The van der Waals surface area contributed by atoms with Crippen LogP contribution in [0.1, 0.15) is 31.4 Å². The van der Waals surface area contributed by atoms with E-state index in [-0.39, 0.29) is 18.1 Å². The molecule has 1 aromatic carbocycles. The zero-order chi connectivity index (χ0) is 18.3. The second-order valence-corrected chi connectivity index (χ2v) is 8.93. The molecular formula is C21H27NO4. The van der Waals surface area contributed by atoms with Gasteiger partial charge in [0.2, 0.25) is 0 Å². The third-order valence-corrected chi connectivity index (χ3v) is 6.90. The van der Waals surface area contributed by atoms with Gasteiger partial charge < -0.3 is 24.6 Å². The number of aliphatic hydroxyl groups excluding tert-OH is 2. The van der Waals surface area contributed by atoms with Gasteiger partial charge in [-0.25, -0.2) is 0 Å². The van der Waals surface area contributed by atoms with Crippen LogP contribution in [-0.4, -0.2) is 59.2 Å². The van der Waals surface area contributed by atoms with Gasteiger partial charge in [0.1, 0.15) is 17.8 Å². The third kappa shape index (κ3) is 1.97. The monoisotopic (exact) mass is 357 g/mol. The van der Waals surface area contributed by atoms with E-state index in [9.17, 15) is 10.2 Å². The number of piperidine rings is 1. The molecule has 0 amide bonds. The molecule has 5 heteroatoms. The van der Waals surface area contributed by atoms with Gasteiger partial charge >= 0.3 is 0 Å². The highest BCUT2D eigenvalue weighted by Crippen LogP contribution is 2.62. The van der Waals surface area contributed by atoms with Crippen LogP contribution in [0.3, 0.4) is 0 Å². The molecule has 5 atom stereocenters. The van der Waals surface area contributed by atoms with Crippen molar-refractivity contribution in [3.8, 4) is 11.5 Å². The van der Waals surface area contributed by atoms with Gasteiger partial charge in [0.15, 0.2) is 11.5 Å². The van der Waals surface area contributed by atoms with E-state index in [0.717, 1.165) is 25.1 Å². The van der Waals surface area contributed by atoms with Crippen LogP contribution in [0.4, 0.5) is 0 Å². The first-order chi connectivity index (χ1) is 12.4. The average Bonchev–Trinajstić information content (AvgIpc) is 2.97. The van der Waals surface area contributed by atoms with Crippen molar-refractivity contribution in [3.63, 3.8) is 0 Å². The lowest BCUT2D eigenvalue weighted by Crippen LogP contribution is -2.64. The predicted octanol–water partition coefficient (Wildman–Crippen LogP) is 1.64. The minimum Gasteiger partial charge on any atom is -0.482 e. The van der Waals surface area contributed by atoms with Crippen molar-refractivity contribution in [1.29, 1.82) is 0 Å². The quantitative estimate of drug-likeness (QED) is 0.806. The number of hydrogen-bond donors (Lipinski definition) is 2. The van der Waals surface area contributed by atoms with Gasteiger partial charge in [-0.2, -0.15) is 0 Å². The molecule has 2 aliphatic heterocycles. The summed E-state index contributed by atoms with van der Waals surface area (Å²) >= 11 is 0. The fourth-order valence-corrected chi connectivity index (χ4v) is 5.64. The van der Waals surface area contributed by atoms with Crippen molar-refractivity contribution in [2.24, 2.45) is 5.92 Å². The number of likely N-dealkylation sites (tertiary alicyclic amines) is 1. The third-order valence-electron chi connectivity index (χ3n) is 6.90. The minimum absolute atomic E-state index is 0.0717. The van der Waals surface area contributed by atoms with E-state index in [4.69, 9.17) is 9.47 Å². The Hall–Kier alpha value is -1.56. The lowest BCUT2D eigenvalue weighted by atomic mass is 9.53. The molecule has 140 valence electrons. The second kappa shape index (κ2) is 5.24. The fourth-order valence-electron chi connectivity index (χ4n) is 5.64. The molecule has 2 N–H and O–H groups in total. The average molecular weight is 357 g/mol. The molecule has 1 saturated heterocycles. The number of benzene rings is 1. The van der Waals surface area contributed by atoms with Crippen molar-refractivity contribution in [2.75, 3.05) is 20.2 Å². The van der Waals surface area contributed by atoms with Crippen molar-refractivity contribution >= 4 is 0 Å². The van der Waals surface area contributed by atoms with E-state index >= 15 is 0 Å². The first kappa shape index (κ1) is 16.6. The van der Waals surface area contributed by atoms with Crippen LogP contribution in [0.15, 0.2) is 24.3 Å². The van der Waals surface area contributed by atoms with Gasteiger partial charge in [0, 0.05) is 22.9 Å². The molecule has 0 saturated carbocycles. The van der Waals surface area contributed by atoms with E-state index in [2.05, 4.69) is 24.1 Å². The molecule has 4 aliphatic rings. The molecule has 26 heavy (non-hydrogen) atoms. The first-order valence-electron chi connectivity index (χ1n) is 9.57. The summed E-state index contributed by atoms with van der Waals surface area (Å²) in [5.41, 5.74) is 1.70. The Morgan fingerprint density at radius 1 is 1.35 bits per heavy atom. The smallest absolute Gasteiger partial charge is 0.166 e. The molecule has 2 bridgehead atoms. The Kier molecular flexibility index (Phi) is 3.35. The molecule has 1 spiro atoms. The van der Waals surface area contributed by atoms with Crippen molar-refractivity contribution in [3.05, 3.63) is 35.4 Å². The maximum Gasteiger partial charge on any atom is 0.166 e. The molecule has 5 nitrogen and oxygen atoms in total. The normalized spacial score (nSPS) is 37.3. The van der Waals surface area contributed by atoms with Gasteiger partial charge in [-0.3, -0.25) is 0 Å². The van der Waals surface area contributed by atoms with Gasteiger partial charge in [0.05, 0.1) is 6.61 Å². The summed E-state index contributed by atoms with van der Waals surface area (Å²) in [6, 6.07) is 4.56. The van der Waals surface area contributed by atoms with E-state index in [1.165, 1.54) is 11.1 Å². The zero-order valence-corrected chi connectivity index (χ0v) is 15.6. The summed E-state index contributed by atoms with van der Waals surface area (Å²) in [7, 11) is 2.20. The van der Waals surface area contributed by atoms with Crippen LogP contribution < -0.4 is 9.47 Å². The molecule has 1 unspecified atom stereocenters. The molecule has 1 aromatic rings. The minimum atomic E-state index is -0.681. The second-order valence-electron chi connectivity index (χ2n) is 8.93. The Bertz CT molecular complexity index is 788. The summed E-state index contributed by atoms with van der Waals surface area (Å²) in [5, 5.41) is 20.3. The zero-order valence-electron chi connectivity index (χ0n) is 15.6. The van der Waals surface area contributed by atoms with Gasteiger partial charge in [-0.1, -0.05) is 18.2 Å². The van der Waals surface area contributed by atoms with Crippen LogP contribution in [0.2, 0.25) is 0 Å². The van der Waals surface area contributed by atoms with Crippen molar-refractivity contribution in [2.45, 2.75) is 56.0 Å². The van der Waals surface area contributed by atoms with Crippen LogP contribution in [0.5, 0.6) is 11.5 Å². The van der Waals surface area contributed by atoms with E-state index in [1.54, 1.807) is 0 Å². The van der Waals surface area contributed by atoms with E-state index in [1.807, 2.05) is 26.0 Å². The summed E-state index contributed by atoms with van der Waals surface area (Å²) in [4.78, 5) is 2.45. The lowest BCUT2D eigenvalue weighted by Gasteiger charge is -2.56. The largest absolute Gasteiger partial charge is 0.482 e. The molecular weight excluding hydrogens is 330 g/mol. The van der Waals surface area contributed by atoms with Crippen LogP contribution in [0, 0.1) is 5.92 Å². The van der Waals surface area contributed by atoms with Crippen LogP contribution in [-0.2, 0) is 11.8 Å². The van der Waals surface area contributed by atoms with Gasteiger partial charge in [-0.15, -0.1) is 0 Å². The Morgan fingerprint density at radius 2 is 2.15 bits per heavy atom. The maximum atomic E-state index is 10.7. The molecule has 2 aliphatic carbocycles. The fraction of sp³-hybridized carbons (Fsp3) is 0.619. The van der Waals surface area contributed by atoms with Crippen molar-refractivity contribution < 1.29 is 19.7 Å². The van der Waals surface area contributed by atoms with E-state index in [0.29, 0.717) is 17.7 Å². The first-order valence-corrected chi connectivity index (χ1v) is 9.57. The Morgan fingerprint density at radius 3 is 2.92 bits per heavy atom. The molecule has 5 rings (SSSR count). The number of hydrogen-bond acceptors (Lipinski definition) is 5. The highest BCUT2D eigenvalue weighted by atomic mass is 16.6. The van der Waals surface area contributed by atoms with Crippen LogP contribution in [0.25, 0.3) is 0 Å². The highest BCUT2D eigenvalue weighted by molar-refractivity contribution is 5.62. The van der Waals surface area contributed by atoms with E-state index < -0.39 is 11.7 Å². The summed E-state index contributed by atoms with van der Waals surface area (Å²) in [5.74, 6) is 1.81. The summed E-state index contributed by atoms with van der Waals surface area (Å²) < 4.78 is 12.5. The lowest BCUT2D eigenvalue weighted by molar-refractivity contribution is -0.0460. The molecule has 0 aromatic heterocycles. The molecule has 1 fully saturated rings. The summed E-state index contributed by atoms with van der Waals surface area (Å²) in [6.45, 7) is 4.67. The van der Waals surface area contributed by atoms with Crippen molar-refractivity contribution in [1.82, 2.24) is 4.90 Å². The Labute approximate surface area is 154 Å². The highest BCUT2D eigenvalue weighted by Gasteiger charge is 2.64. The van der Waals surface area contributed by atoms with Gasteiger partial charge in [0.25, 0.3) is 0 Å².